The van der Waals surface area contributed by atoms with Gasteiger partial charge in [-0.3, -0.25) is 24.0 Å². The maximum atomic E-state index is 15.2. The molecule has 1 saturated carbocycles. The minimum atomic E-state index is -1.59. The number of carbonyl (C=O) groups is 4. The van der Waals surface area contributed by atoms with E-state index >= 15 is 4.79 Å². The molecule has 1 aliphatic carbocycles. The van der Waals surface area contributed by atoms with Gasteiger partial charge in [0.15, 0.2) is 18.1 Å². The highest BCUT2D eigenvalue weighted by Crippen LogP contribution is 2.58. The topological polar surface area (TPSA) is 261 Å². The lowest BCUT2D eigenvalue weighted by atomic mass is 9.62. The van der Waals surface area contributed by atoms with E-state index in [1.807, 2.05) is 24.3 Å². The minimum Gasteiger partial charge on any atom is -0.460 e. The summed E-state index contributed by atoms with van der Waals surface area (Å²) in [4.78, 5) is 62.4. The van der Waals surface area contributed by atoms with Crippen LogP contribution in [0, 0.1) is 5.41 Å². The quantitative estimate of drug-likeness (QED) is 0.0587. The summed E-state index contributed by atoms with van der Waals surface area (Å²) >= 11 is 0. The molecule has 7 rings (SSSR count). The van der Waals surface area contributed by atoms with E-state index in [-0.39, 0.29) is 44.5 Å². The van der Waals surface area contributed by atoms with E-state index in [1.54, 1.807) is 57.2 Å². The fourth-order valence-corrected chi connectivity index (χ4v) is 10.6. The Labute approximate surface area is 421 Å². The lowest BCUT2D eigenvalue weighted by Gasteiger charge is -2.48. The first-order valence-corrected chi connectivity index (χ1v) is 25.6. The predicted octanol–water partition coefficient (Wildman–Crippen LogP) is 3.49. The Hall–Kier alpha value is -4.38. The van der Waals surface area contributed by atoms with Gasteiger partial charge in [-0.25, -0.2) is 0 Å². The molecule has 72 heavy (non-hydrogen) atoms. The summed E-state index contributed by atoms with van der Waals surface area (Å²) in [6.07, 6.45) is 0.325. The van der Waals surface area contributed by atoms with Crippen molar-refractivity contribution < 1.29 is 78.0 Å². The maximum Gasteiger partial charge on any atom is 0.327 e. The van der Waals surface area contributed by atoms with E-state index in [9.17, 15) is 39.9 Å². The van der Waals surface area contributed by atoms with Crippen molar-refractivity contribution in [2.24, 2.45) is 5.41 Å². The second-order valence-corrected chi connectivity index (χ2v) is 20.7. The van der Waals surface area contributed by atoms with Crippen molar-refractivity contribution in [1.29, 1.82) is 0 Å². The first kappa shape index (κ1) is 55.4. The van der Waals surface area contributed by atoms with Crippen LogP contribution < -0.4 is 10.6 Å². The Balaban J connectivity index is 1.12. The van der Waals surface area contributed by atoms with Gasteiger partial charge in [0.1, 0.15) is 59.8 Å². The summed E-state index contributed by atoms with van der Waals surface area (Å²) in [6.45, 7) is 8.53. The van der Waals surface area contributed by atoms with Gasteiger partial charge in [0.05, 0.1) is 32.4 Å². The zero-order valence-corrected chi connectivity index (χ0v) is 42.1. The molecular formula is C53H75N3O16. The van der Waals surface area contributed by atoms with E-state index in [0.717, 1.165) is 49.7 Å². The highest BCUT2D eigenvalue weighted by molar-refractivity contribution is 5.95. The SMILES string of the molecule is CCCCCC1(CCCCC)O[C@@H]2[C@H](O1)[C@H]1ON(Cc3ccccc3C=CCO[C@H]3O[C@H](CO)[C@H](O)[C@H](O)[C@H]3O)[C@H]3C(=O)O[C@@H]2C[C@@]13C(=O)NCc1cccc(C(=O)N[C@H](CO)CCC(=O)OC(C)(C)C)c1. The zero-order chi connectivity index (χ0) is 51.8. The first-order valence-electron chi connectivity index (χ1n) is 25.6. The van der Waals surface area contributed by atoms with Gasteiger partial charge in [0, 0.05) is 37.8 Å². The molecule has 7 N–H and O–H groups in total. The number of aliphatic hydroxyl groups is 5. The molecule has 4 aliphatic heterocycles. The highest BCUT2D eigenvalue weighted by atomic mass is 16.8. The number of fused-ring (bicyclic) bond motifs is 4. The number of hydrogen-bond donors (Lipinski definition) is 7. The number of unbranched alkanes of at least 4 members (excludes halogenated alkanes) is 4. The lowest BCUT2D eigenvalue weighted by molar-refractivity contribution is -0.298. The summed E-state index contributed by atoms with van der Waals surface area (Å²) < 4.78 is 36.8. The van der Waals surface area contributed by atoms with Crippen LogP contribution in [0.2, 0.25) is 0 Å². The smallest absolute Gasteiger partial charge is 0.327 e. The average molecular weight is 1010 g/mol. The van der Waals surface area contributed by atoms with E-state index < -0.39 is 121 Å². The van der Waals surface area contributed by atoms with Gasteiger partial charge < -0.3 is 64.6 Å². The summed E-state index contributed by atoms with van der Waals surface area (Å²) in [5, 5.41) is 57.8. The van der Waals surface area contributed by atoms with Crippen molar-refractivity contribution in [2.45, 2.75) is 197 Å². The summed E-state index contributed by atoms with van der Waals surface area (Å²) in [5.74, 6) is -2.96. The van der Waals surface area contributed by atoms with Crippen molar-refractivity contribution in [3.05, 3.63) is 76.9 Å². The third-order valence-electron chi connectivity index (χ3n) is 14.2. The molecule has 0 unspecified atom stereocenters. The number of hydrogen-bond acceptors (Lipinski definition) is 17. The molecule has 0 radical (unpaired) electrons. The molecule has 2 aromatic rings. The molecule has 19 heteroatoms. The second-order valence-electron chi connectivity index (χ2n) is 20.7. The molecule has 4 heterocycles. The summed E-state index contributed by atoms with van der Waals surface area (Å²) in [5.41, 5.74) is 0.157. The van der Waals surface area contributed by atoms with Crippen molar-refractivity contribution in [3.8, 4) is 0 Å². The van der Waals surface area contributed by atoms with Gasteiger partial charge in [-0.2, -0.15) is 5.06 Å². The highest BCUT2D eigenvalue weighted by Gasteiger charge is 2.76. The molecule has 12 atom stereocenters. The van der Waals surface area contributed by atoms with Crippen LogP contribution in [-0.2, 0) is 60.7 Å². The van der Waals surface area contributed by atoms with Crippen LogP contribution >= 0.6 is 0 Å². The number of carbonyl (C=O) groups excluding carboxylic acids is 4. The van der Waals surface area contributed by atoms with E-state index in [4.69, 9.17) is 33.3 Å². The Morgan fingerprint density at radius 1 is 0.931 bits per heavy atom. The van der Waals surface area contributed by atoms with Crippen LogP contribution in [0.3, 0.4) is 0 Å². The average Bonchev–Trinajstić information content (AvgIpc) is 3.91. The van der Waals surface area contributed by atoms with Gasteiger partial charge in [0.2, 0.25) is 5.91 Å². The predicted molar refractivity (Wildman–Crippen MR) is 259 cm³/mol. The zero-order valence-electron chi connectivity index (χ0n) is 42.1. The minimum absolute atomic E-state index is 0.00172. The number of nitrogens with one attached hydrogen (secondary N) is 2. The van der Waals surface area contributed by atoms with Crippen molar-refractivity contribution >= 4 is 29.8 Å². The number of aliphatic hydroxyl groups excluding tert-OH is 5. The molecule has 0 aromatic heterocycles. The molecule has 19 nitrogen and oxygen atoms in total. The first-order chi connectivity index (χ1) is 34.5. The molecule has 398 valence electrons. The Kier molecular flexibility index (Phi) is 18.7. The monoisotopic (exact) mass is 1010 g/mol. The summed E-state index contributed by atoms with van der Waals surface area (Å²) in [7, 11) is 0. The molecule has 0 spiro atoms. The van der Waals surface area contributed by atoms with Gasteiger partial charge in [-0.1, -0.05) is 88.1 Å². The number of benzene rings is 2. The molecule has 4 saturated heterocycles. The second kappa shape index (κ2) is 24.3. The summed E-state index contributed by atoms with van der Waals surface area (Å²) in [6, 6.07) is 12.2. The molecule has 2 aromatic carbocycles. The number of nitrogens with zero attached hydrogens (tertiary/aromatic N) is 1. The largest absolute Gasteiger partial charge is 0.460 e. The third kappa shape index (κ3) is 12.6. The van der Waals surface area contributed by atoms with Crippen LogP contribution in [0.4, 0.5) is 0 Å². The molecule has 5 fully saturated rings. The van der Waals surface area contributed by atoms with Gasteiger partial charge in [-0.05, 0) is 68.9 Å². The van der Waals surface area contributed by atoms with Gasteiger partial charge in [-0.15, -0.1) is 0 Å². The molecule has 5 aliphatic rings. The van der Waals surface area contributed by atoms with Crippen molar-refractivity contribution in [3.63, 3.8) is 0 Å². The standard InChI is InChI=1S/C53H75N3O16/c1-6-8-12-23-52(24-13-9-7-2)70-43-37-27-53(50(65)54-28-32-16-14-19-34(26-32)47(63)55-36(30-57)21-22-39(59)69-51(3,4)5)45(48(64)67-37)56(72-46(53)44(43)71-52)29-35-18-11-10-17-33(35)20-15-25-66-49-42(62)41(61)40(60)38(31-58)68-49/h10-11,14-20,26,36-38,40-46,49,57-58,60-62H,6-9,12-13,21-25,27-31H2,1-5H3,(H,54,65)(H,55,63)/t36-,37+,38+,40-,41-,42+,43-,44-,45-,46+,49-,53-/m0/s1. The lowest BCUT2D eigenvalue weighted by Crippen LogP contribution is -2.69. The van der Waals surface area contributed by atoms with Gasteiger partial charge >= 0.3 is 11.9 Å². The fourth-order valence-electron chi connectivity index (χ4n) is 10.6. The van der Waals surface area contributed by atoms with Crippen molar-refractivity contribution in [1.82, 2.24) is 15.7 Å². The third-order valence-corrected chi connectivity index (χ3v) is 14.2. The number of esters is 2. The fraction of sp³-hybridized carbons (Fsp3) is 0.660. The number of ether oxygens (including phenoxy) is 6. The van der Waals surface area contributed by atoms with Crippen LogP contribution in [0.5, 0.6) is 0 Å². The maximum absolute atomic E-state index is 15.2. The van der Waals surface area contributed by atoms with E-state index in [1.165, 1.54) is 5.06 Å². The number of rotatable bonds is 24. The molecule has 2 bridgehead atoms. The van der Waals surface area contributed by atoms with Crippen LogP contribution in [0.25, 0.3) is 6.08 Å². The Morgan fingerprint density at radius 3 is 2.35 bits per heavy atom. The Morgan fingerprint density at radius 2 is 1.65 bits per heavy atom. The van der Waals surface area contributed by atoms with Crippen LogP contribution in [0.15, 0.2) is 54.6 Å². The van der Waals surface area contributed by atoms with E-state index in [2.05, 4.69) is 24.5 Å². The van der Waals surface area contributed by atoms with Crippen molar-refractivity contribution in [2.75, 3.05) is 19.8 Å². The molecule has 2 amide bonds. The van der Waals surface area contributed by atoms with Crippen LogP contribution in [-0.4, -0.2) is 153 Å². The normalized spacial score (nSPS) is 30.2. The van der Waals surface area contributed by atoms with Gasteiger partial charge in [0.25, 0.3) is 5.91 Å². The number of amides is 2. The molecular weight excluding hydrogens is 935 g/mol. The Bertz CT molecular complexity index is 2190. The van der Waals surface area contributed by atoms with E-state index in [0.29, 0.717) is 18.4 Å². The van der Waals surface area contributed by atoms with Crippen LogP contribution in [0.1, 0.15) is 132 Å². The number of hydroxylamine groups is 2.